The van der Waals surface area contributed by atoms with Crippen molar-refractivity contribution in [2.75, 3.05) is 46.9 Å². The van der Waals surface area contributed by atoms with Crippen LogP contribution in [0, 0.1) is 34.9 Å². The number of carbonyl (C=O) groups excluding carboxylic acids is 4. The van der Waals surface area contributed by atoms with Gasteiger partial charge >= 0.3 is 5.97 Å². The summed E-state index contributed by atoms with van der Waals surface area (Å²) in [5, 5.41) is 13.4. The first-order valence-electron chi connectivity index (χ1n) is 25.4. The topological polar surface area (TPSA) is 150 Å². The van der Waals surface area contributed by atoms with Crippen molar-refractivity contribution in [1.82, 2.24) is 34.7 Å². The lowest BCUT2D eigenvalue weighted by molar-refractivity contribution is -0.160. The largest absolute Gasteiger partial charge is 0.464 e. The molecule has 8 rings (SSSR count). The molecule has 15 heteroatoms. The van der Waals surface area contributed by atoms with E-state index < -0.39 is 46.8 Å². The van der Waals surface area contributed by atoms with Crippen LogP contribution in [0.15, 0.2) is 54.7 Å². The fourth-order valence-corrected chi connectivity index (χ4v) is 10.1. The zero-order valence-electron chi connectivity index (χ0n) is 43.2. The van der Waals surface area contributed by atoms with Gasteiger partial charge in [0, 0.05) is 66.7 Å². The van der Waals surface area contributed by atoms with Gasteiger partial charge in [-0.1, -0.05) is 45.7 Å². The van der Waals surface area contributed by atoms with Gasteiger partial charge in [0.2, 0.25) is 5.91 Å². The molecule has 2 saturated heterocycles. The molecule has 0 unspecified atom stereocenters. The first-order chi connectivity index (χ1) is 33.7. The number of hydrogen-bond acceptors (Lipinski definition) is 10. The summed E-state index contributed by atoms with van der Waals surface area (Å²) in [4.78, 5) is 67.2. The zero-order chi connectivity index (χ0) is 51.1. The lowest BCUT2D eigenvalue weighted by Crippen LogP contribution is -2.62. The number of nitrogens with one attached hydrogen (secondary N) is 1. The Morgan fingerprint density at radius 1 is 1.06 bits per heavy atom. The number of halogens is 1. The van der Waals surface area contributed by atoms with Gasteiger partial charge in [0.05, 0.1) is 48.3 Å². The van der Waals surface area contributed by atoms with Crippen LogP contribution >= 0.6 is 0 Å². The van der Waals surface area contributed by atoms with Crippen LogP contribution in [0.25, 0.3) is 33.3 Å². The molecule has 3 amide bonds. The Morgan fingerprint density at radius 3 is 2.48 bits per heavy atom. The number of esters is 1. The molecule has 71 heavy (non-hydrogen) atoms. The lowest BCUT2D eigenvalue weighted by Gasteiger charge is -2.41. The average Bonchev–Trinajstić information content (AvgIpc) is 4.11. The molecule has 3 aliphatic heterocycles. The Kier molecular flexibility index (Phi) is 15.2. The van der Waals surface area contributed by atoms with Gasteiger partial charge in [0.15, 0.2) is 0 Å². The highest BCUT2D eigenvalue weighted by Gasteiger charge is 2.46. The molecule has 14 nitrogen and oxygen atoms in total. The summed E-state index contributed by atoms with van der Waals surface area (Å²) in [5.41, 5.74) is 8.30. The van der Waals surface area contributed by atoms with Gasteiger partial charge in [-0.2, -0.15) is 0 Å². The summed E-state index contributed by atoms with van der Waals surface area (Å²) < 4.78 is 30.9. The van der Waals surface area contributed by atoms with E-state index >= 15 is 14.0 Å². The second-order valence-corrected chi connectivity index (χ2v) is 21.9. The van der Waals surface area contributed by atoms with Crippen molar-refractivity contribution < 1.29 is 38.1 Å². The van der Waals surface area contributed by atoms with Crippen LogP contribution in [0.2, 0.25) is 0 Å². The Morgan fingerprint density at radius 2 is 1.80 bits per heavy atom. The molecule has 4 atom stereocenters. The molecular weight excluding hydrogens is 902 g/mol. The van der Waals surface area contributed by atoms with Crippen molar-refractivity contribution in [3.63, 3.8) is 0 Å². The summed E-state index contributed by atoms with van der Waals surface area (Å²) >= 11 is 0. The van der Waals surface area contributed by atoms with Crippen LogP contribution in [-0.2, 0) is 48.0 Å². The normalized spacial score (nSPS) is 20.8. The number of benzene rings is 2. The number of ether oxygens (including phenoxy) is 2. The predicted molar refractivity (Wildman–Crippen MR) is 271 cm³/mol. The number of aliphatic hydroxyl groups is 1. The van der Waals surface area contributed by atoms with Crippen molar-refractivity contribution in [3.8, 4) is 34.2 Å². The first kappa shape index (κ1) is 51.7. The number of cyclic esters (lactones) is 1. The molecule has 5 heterocycles. The van der Waals surface area contributed by atoms with Gasteiger partial charge in [-0.15, -0.1) is 0 Å². The van der Waals surface area contributed by atoms with Crippen LogP contribution in [0.1, 0.15) is 104 Å². The second kappa shape index (κ2) is 20.8. The molecule has 1 aliphatic carbocycles. The minimum atomic E-state index is -1.04. The molecule has 2 aromatic carbocycles. The van der Waals surface area contributed by atoms with Crippen molar-refractivity contribution in [1.29, 1.82) is 0 Å². The number of hydrogen-bond donors (Lipinski definition) is 2. The third-order valence-electron chi connectivity index (χ3n) is 14.9. The summed E-state index contributed by atoms with van der Waals surface area (Å²) in [6.45, 7) is 17.5. The van der Waals surface area contributed by atoms with Crippen molar-refractivity contribution >= 4 is 34.6 Å². The number of likely N-dealkylation sites (tertiary alicyclic amines) is 1. The standard InChI is InChI=1S/C56H72FN7O7/c1-11-62-47-19-16-37-28-43(47)44(51(62)42-14-12-22-58-50(42)35(4)65)29-55(5,6)33-71-54(69)46-15-13-23-63(59-46)53(68)48(26-36-24-38(37)27-39(57)25-36)64(40-17-18-40)52(67)45(34(2)3)32-70-41-30-61(31-41)49(66)20-21-56(7,8)60(9)10/h12,14,16,19,22,24-25,27-28,34-35,40-41,45-46,48,59,65H,11,13,15,17-18,23,26,29-33H2,1-10H3/t35-,45-,46-,48-/m0/s1. The van der Waals surface area contributed by atoms with E-state index in [0.717, 1.165) is 33.3 Å². The number of rotatable bonds is 11. The van der Waals surface area contributed by atoms with Crippen LogP contribution in [0.4, 0.5) is 4.39 Å². The molecule has 3 fully saturated rings. The first-order valence-corrected chi connectivity index (χ1v) is 25.4. The van der Waals surface area contributed by atoms with Crippen LogP contribution in [-0.4, -0.2) is 135 Å². The van der Waals surface area contributed by atoms with E-state index in [4.69, 9.17) is 9.47 Å². The fraction of sp³-hybridized carbons (Fsp3) is 0.554. The number of aryl methyl sites for hydroxylation is 1. The van der Waals surface area contributed by atoms with E-state index in [1.54, 1.807) is 22.9 Å². The van der Waals surface area contributed by atoms with Gasteiger partial charge < -0.3 is 28.9 Å². The number of aromatic nitrogens is 2. The Bertz CT molecular complexity index is 2730. The predicted octanol–water partition coefficient (Wildman–Crippen LogP) is 6.95. The van der Waals surface area contributed by atoms with E-state index in [0.29, 0.717) is 75.1 Å². The molecular formula is C56H72FN7O7. The van der Waals surface area contributed by atoms with E-state index in [-0.39, 0.29) is 55.4 Å². The van der Waals surface area contributed by atoms with Crippen LogP contribution < -0.4 is 5.43 Å². The smallest absolute Gasteiger partial charge is 0.324 e. The monoisotopic (exact) mass is 974 g/mol. The number of hydrazine groups is 1. The molecule has 4 aliphatic rings. The summed E-state index contributed by atoms with van der Waals surface area (Å²) in [7, 11) is 3.83. The SMILES string of the molecule is CCn1c(-c2cccnc2[C@H](C)O)c2c3cc(ccc31)-c1cc(F)cc(c1)C[C@H](N(C(=O)[C@@H](COC1CN(C(=O)C#CC(C)(C)N(C)C)C1)C(C)C)C1CC1)C(=O)N1CCC[C@H](N1)C(=O)OCC(C)(C)C2. The van der Waals surface area contributed by atoms with Crippen LogP contribution in [0.5, 0.6) is 0 Å². The Hall–Kier alpha value is -5.66. The third kappa shape index (κ3) is 11.2. The van der Waals surface area contributed by atoms with Crippen molar-refractivity contribution in [2.24, 2.45) is 17.3 Å². The number of fused-ring (bicyclic) bond motifs is 6. The number of amides is 3. The molecule has 1 saturated carbocycles. The van der Waals surface area contributed by atoms with E-state index in [1.165, 1.54) is 17.1 Å². The van der Waals surface area contributed by atoms with E-state index in [9.17, 15) is 14.7 Å². The molecule has 6 bridgehead atoms. The lowest BCUT2D eigenvalue weighted by atomic mass is 9.84. The number of carbonyl (C=O) groups is 4. The highest BCUT2D eigenvalue weighted by Crippen LogP contribution is 2.42. The average molecular weight is 974 g/mol. The summed E-state index contributed by atoms with van der Waals surface area (Å²) in [5.74, 6) is 3.24. The number of pyridine rings is 1. The molecule has 4 aromatic rings. The van der Waals surface area contributed by atoms with Gasteiger partial charge in [0.1, 0.15) is 17.9 Å². The molecule has 380 valence electrons. The highest BCUT2D eigenvalue weighted by molar-refractivity contribution is 5.96. The zero-order valence-corrected chi connectivity index (χ0v) is 43.2. The van der Waals surface area contributed by atoms with Gasteiger partial charge in [0.25, 0.3) is 11.8 Å². The number of nitrogens with zero attached hydrogens (tertiary/aromatic N) is 6. The Labute approximate surface area is 418 Å². The fourth-order valence-electron chi connectivity index (χ4n) is 10.1. The van der Waals surface area contributed by atoms with E-state index in [2.05, 4.69) is 53.7 Å². The molecule has 2 N–H and O–H groups in total. The van der Waals surface area contributed by atoms with Crippen molar-refractivity contribution in [2.45, 2.75) is 136 Å². The van der Waals surface area contributed by atoms with Gasteiger partial charge in [-0.05, 0) is 144 Å². The summed E-state index contributed by atoms with van der Waals surface area (Å²) in [6.07, 6.45) is 3.47. The maximum Gasteiger partial charge on any atom is 0.324 e. The van der Waals surface area contributed by atoms with Crippen LogP contribution in [0.3, 0.4) is 0 Å². The summed E-state index contributed by atoms with van der Waals surface area (Å²) in [6, 6.07) is 12.7. The highest BCUT2D eigenvalue weighted by atomic mass is 19.1. The second-order valence-electron chi connectivity index (χ2n) is 21.9. The molecule has 0 spiro atoms. The third-order valence-corrected chi connectivity index (χ3v) is 14.9. The Balaban J connectivity index is 1.16. The van der Waals surface area contributed by atoms with Crippen molar-refractivity contribution in [3.05, 3.63) is 77.4 Å². The van der Waals surface area contributed by atoms with Gasteiger partial charge in [-0.3, -0.25) is 34.1 Å². The van der Waals surface area contributed by atoms with Gasteiger partial charge in [-0.25, -0.2) is 9.82 Å². The minimum Gasteiger partial charge on any atom is -0.464 e. The molecule has 0 radical (unpaired) electrons. The van der Waals surface area contributed by atoms with E-state index in [1.807, 2.05) is 77.0 Å². The maximum absolute atomic E-state index is 16.2. The maximum atomic E-state index is 16.2. The molecule has 2 aromatic heterocycles. The number of aliphatic hydroxyl groups excluding tert-OH is 1. The minimum absolute atomic E-state index is 0.0251. The quantitative estimate of drug-likeness (QED) is 0.120.